The number of halogens is 2. The molecule has 1 N–H and O–H groups in total. The molecule has 4 aromatic carbocycles. The van der Waals surface area contributed by atoms with Gasteiger partial charge in [-0.1, -0.05) is 90.3 Å². The smallest absolute Gasteiger partial charge is 0.264 e. The molecular formula is C35H37Cl2N3O4S. The van der Waals surface area contributed by atoms with E-state index in [-0.39, 0.29) is 35.5 Å². The number of hydrogen-bond acceptors (Lipinski definition) is 4. The highest BCUT2D eigenvalue weighted by Crippen LogP contribution is 2.27. The maximum Gasteiger partial charge on any atom is 0.264 e. The molecule has 10 heteroatoms. The molecule has 0 saturated carbocycles. The molecule has 0 bridgehead atoms. The molecule has 0 radical (unpaired) electrons. The minimum atomic E-state index is -4.20. The van der Waals surface area contributed by atoms with Crippen molar-refractivity contribution < 1.29 is 18.0 Å². The number of nitrogens with one attached hydrogen (secondary N) is 1. The summed E-state index contributed by atoms with van der Waals surface area (Å²) in [4.78, 5) is 29.9. The fourth-order valence-corrected chi connectivity index (χ4v) is 6.55. The number of anilines is 1. The van der Waals surface area contributed by atoms with E-state index in [2.05, 4.69) is 5.32 Å². The third kappa shape index (κ3) is 9.10. The fourth-order valence-electron chi connectivity index (χ4n) is 4.80. The third-order valence-electron chi connectivity index (χ3n) is 7.52. The van der Waals surface area contributed by atoms with Crippen LogP contribution in [0.5, 0.6) is 0 Å². The number of rotatable bonds is 13. The van der Waals surface area contributed by atoms with Crippen molar-refractivity contribution in [2.75, 3.05) is 10.8 Å². The molecule has 0 fully saturated rings. The lowest BCUT2D eigenvalue weighted by Gasteiger charge is -2.34. The number of aryl methyl sites for hydroxylation is 1. The molecule has 2 atom stereocenters. The van der Waals surface area contributed by atoms with Crippen LogP contribution in [0.15, 0.2) is 108 Å². The predicted molar refractivity (Wildman–Crippen MR) is 181 cm³/mol. The molecule has 0 aromatic heterocycles. The molecule has 0 unspecified atom stereocenters. The van der Waals surface area contributed by atoms with Crippen molar-refractivity contribution in [1.82, 2.24) is 10.2 Å². The number of carbonyl (C=O) groups excluding carboxylic acids is 2. The van der Waals surface area contributed by atoms with E-state index in [4.69, 9.17) is 23.2 Å². The summed E-state index contributed by atoms with van der Waals surface area (Å²) < 4.78 is 29.3. The average Bonchev–Trinajstić information content (AvgIpc) is 3.02. The zero-order chi connectivity index (χ0) is 32.6. The summed E-state index contributed by atoms with van der Waals surface area (Å²) in [7, 11) is -4.20. The second-order valence-corrected chi connectivity index (χ2v) is 13.7. The molecule has 0 spiro atoms. The summed E-state index contributed by atoms with van der Waals surface area (Å²) in [6.45, 7) is 5.20. The van der Waals surface area contributed by atoms with E-state index in [1.165, 1.54) is 17.0 Å². The van der Waals surface area contributed by atoms with E-state index in [9.17, 15) is 18.0 Å². The summed E-state index contributed by atoms with van der Waals surface area (Å²) in [6.07, 6.45) is 0.923. The van der Waals surface area contributed by atoms with Gasteiger partial charge >= 0.3 is 0 Å². The van der Waals surface area contributed by atoms with Crippen molar-refractivity contribution in [1.29, 1.82) is 0 Å². The standard InChI is InChI=1S/C35H37Cl2N3O4S/c1-4-26(3)38-35(42)33(22-27-9-6-5-7-10-27)39(23-28-11-8-12-30(37)21-28)34(41)24-40(31-17-15-29(36)16-18-31)45(43,44)32-19-13-25(2)14-20-32/h5-21,26,33H,4,22-24H2,1-3H3,(H,38,42)/t26-,33+/m0/s1. The highest BCUT2D eigenvalue weighted by atomic mass is 35.5. The molecule has 4 rings (SSSR count). The van der Waals surface area contributed by atoms with Gasteiger partial charge in [0, 0.05) is 29.1 Å². The molecule has 0 heterocycles. The van der Waals surface area contributed by atoms with Crippen LogP contribution in [-0.2, 0) is 32.6 Å². The summed E-state index contributed by atoms with van der Waals surface area (Å²) in [5.41, 5.74) is 2.71. The molecule has 0 aliphatic rings. The van der Waals surface area contributed by atoms with Crippen LogP contribution in [0.1, 0.15) is 37.0 Å². The second-order valence-electron chi connectivity index (χ2n) is 11.0. The number of amides is 2. The summed E-state index contributed by atoms with van der Waals surface area (Å²) in [6, 6.07) is 28.1. The Kier molecular flexibility index (Phi) is 11.7. The summed E-state index contributed by atoms with van der Waals surface area (Å²) in [5.74, 6) is -0.885. The van der Waals surface area contributed by atoms with E-state index < -0.39 is 28.5 Å². The van der Waals surface area contributed by atoms with Crippen molar-refractivity contribution in [3.05, 3.63) is 130 Å². The van der Waals surface area contributed by atoms with Crippen molar-refractivity contribution in [2.24, 2.45) is 0 Å². The number of nitrogens with zero attached hydrogens (tertiary/aromatic N) is 2. The number of hydrogen-bond donors (Lipinski definition) is 1. The molecular weight excluding hydrogens is 629 g/mol. The van der Waals surface area contributed by atoms with E-state index in [0.29, 0.717) is 22.0 Å². The minimum Gasteiger partial charge on any atom is -0.352 e. The van der Waals surface area contributed by atoms with E-state index >= 15 is 0 Å². The second kappa shape index (κ2) is 15.4. The van der Waals surface area contributed by atoms with Crippen molar-refractivity contribution >= 4 is 50.7 Å². The Morgan fingerprint density at radius 2 is 1.47 bits per heavy atom. The van der Waals surface area contributed by atoms with Gasteiger partial charge in [-0.25, -0.2) is 8.42 Å². The molecule has 0 aliphatic carbocycles. The highest BCUT2D eigenvalue weighted by molar-refractivity contribution is 7.92. The van der Waals surface area contributed by atoms with Gasteiger partial charge in [-0.3, -0.25) is 13.9 Å². The van der Waals surface area contributed by atoms with Gasteiger partial charge in [0.05, 0.1) is 10.6 Å². The summed E-state index contributed by atoms with van der Waals surface area (Å²) in [5, 5.41) is 3.93. The van der Waals surface area contributed by atoms with Crippen LogP contribution in [0, 0.1) is 6.92 Å². The Balaban J connectivity index is 1.80. The first kappa shape index (κ1) is 34.0. The maximum atomic E-state index is 14.5. The Labute approximate surface area is 275 Å². The molecule has 7 nitrogen and oxygen atoms in total. The number of benzene rings is 4. The lowest BCUT2D eigenvalue weighted by molar-refractivity contribution is -0.140. The van der Waals surface area contributed by atoms with Gasteiger partial charge in [0.2, 0.25) is 11.8 Å². The predicted octanol–water partition coefficient (Wildman–Crippen LogP) is 7.05. The lowest BCUT2D eigenvalue weighted by atomic mass is 10.0. The number of sulfonamides is 1. The molecule has 236 valence electrons. The van der Waals surface area contributed by atoms with Gasteiger partial charge < -0.3 is 10.2 Å². The van der Waals surface area contributed by atoms with Gasteiger partial charge in [-0.05, 0) is 79.9 Å². The Morgan fingerprint density at radius 1 is 0.822 bits per heavy atom. The first-order chi connectivity index (χ1) is 21.5. The van der Waals surface area contributed by atoms with E-state index in [0.717, 1.165) is 15.4 Å². The SMILES string of the molecule is CC[C@H](C)NC(=O)[C@@H](Cc1ccccc1)N(Cc1cccc(Cl)c1)C(=O)CN(c1ccc(Cl)cc1)S(=O)(=O)c1ccc(C)cc1. The molecule has 4 aromatic rings. The van der Waals surface area contributed by atoms with Crippen LogP contribution in [0.2, 0.25) is 10.0 Å². The molecule has 0 saturated heterocycles. The van der Waals surface area contributed by atoms with Gasteiger partial charge in [-0.2, -0.15) is 0 Å². The Morgan fingerprint density at radius 3 is 2.09 bits per heavy atom. The number of carbonyl (C=O) groups is 2. The van der Waals surface area contributed by atoms with Crippen LogP contribution in [0.3, 0.4) is 0 Å². The quantitative estimate of drug-likeness (QED) is 0.166. The fraction of sp³-hybridized carbons (Fsp3) is 0.257. The average molecular weight is 667 g/mol. The topological polar surface area (TPSA) is 86.8 Å². The Bertz CT molecular complexity index is 1700. The third-order valence-corrected chi connectivity index (χ3v) is 9.79. The van der Waals surface area contributed by atoms with Gasteiger partial charge in [0.15, 0.2) is 0 Å². The van der Waals surface area contributed by atoms with Crippen molar-refractivity contribution in [3.8, 4) is 0 Å². The minimum absolute atomic E-state index is 0.0316. The molecule has 45 heavy (non-hydrogen) atoms. The lowest BCUT2D eigenvalue weighted by Crippen LogP contribution is -2.54. The molecule has 0 aliphatic heterocycles. The summed E-state index contributed by atoms with van der Waals surface area (Å²) >= 11 is 12.4. The van der Waals surface area contributed by atoms with E-state index in [1.807, 2.05) is 57.2 Å². The van der Waals surface area contributed by atoms with Crippen LogP contribution in [-0.4, -0.2) is 43.8 Å². The van der Waals surface area contributed by atoms with Gasteiger partial charge in [0.1, 0.15) is 12.6 Å². The maximum absolute atomic E-state index is 14.5. The van der Waals surface area contributed by atoms with Gasteiger partial charge in [-0.15, -0.1) is 0 Å². The monoisotopic (exact) mass is 665 g/mol. The van der Waals surface area contributed by atoms with Crippen molar-refractivity contribution in [2.45, 2.75) is 57.1 Å². The van der Waals surface area contributed by atoms with E-state index in [1.54, 1.807) is 54.6 Å². The van der Waals surface area contributed by atoms with Crippen LogP contribution in [0.4, 0.5) is 5.69 Å². The van der Waals surface area contributed by atoms with Crippen LogP contribution >= 0.6 is 23.2 Å². The zero-order valence-electron chi connectivity index (χ0n) is 25.5. The van der Waals surface area contributed by atoms with Crippen LogP contribution < -0.4 is 9.62 Å². The zero-order valence-corrected chi connectivity index (χ0v) is 27.8. The Hall–Kier alpha value is -3.85. The first-order valence-electron chi connectivity index (χ1n) is 14.7. The van der Waals surface area contributed by atoms with Gasteiger partial charge in [0.25, 0.3) is 10.0 Å². The largest absolute Gasteiger partial charge is 0.352 e. The highest BCUT2D eigenvalue weighted by Gasteiger charge is 2.35. The first-order valence-corrected chi connectivity index (χ1v) is 16.9. The molecule has 2 amide bonds. The normalized spacial score (nSPS) is 12.6. The van der Waals surface area contributed by atoms with Crippen molar-refractivity contribution in [3.63, 3.8) is 0 Å². The van der Waals surface area contributed by atoms with Crippen LogP contribution in [0.25, 0.3) is 0 Å².